The zero-order valence-corrected chi connectivity index (χ0v) is 11.5. The summed E-state index contributed by atoms with van der Waals surface area (Å²) >= 11 is 1.21. The Morgan fingerprint density at radius 3 is 2.74 bits per heavy atom. The van der Waals surface area contributed by atoms with E-state index in [0.717, 1.165) is 19.3 Å². The second-order valence-corrected chi connectivity index (χ2v) is 5.63. The van der Waals surface area contributed by atoms with Crippen LogP contribution in [0.2, 0.25) is 0 Å². The number of aliphatic hydroxyl groups excluding tert-OH is 1. The number of rotatable bonds is 6. The largest absolute Gasteiger partial charge is 0.395 e. The molecule has 0 saturated heterocycles. The molecule has 0 bridgehead atoms. The third-order valence-electron chi connectivity index (χ3n) is 3.36. The van der Waals surface area contributed by atoms with E-state index in [1.807, 2.05) is 0 Å². The van der Waals surface area contributed by atoms with Crippen molar-refractivity contribution in [2.75, 3.05) is 18.9 Å². The standard InChI is InChI=1S/C14H18FNO2S/c15-12-6-1-2-7-13(12)19-10-14(18)16(8-9-17)11-4-3-5-11/h1-2,6-7,11,17H,3-5,8-10H2. The van der Waals surface area contributed by atoms with Crippen LogP contribution in [0.1, 0.15) is 19.3 Å². The Hall–Kier alpha value is -1.07. The van der Waals surface area contributed by atoms with Crippen molar-refractivity contribution in [2.24, 2.45) is 0 Å². The summed E-state index contributed by atoms with van der Waals surface area (Å²) in [5.74, 6) is -0.0955. The summed E-state index contributed by atoms with van der Waals surface area (Å²) in [5, 5.41) is 9.02. The van der Waals surface area contributed by atoms with Crippen molar-refractivity contribution < 1.29 is 14.3 Å². The van der Waals surface area contributed by atoms with Crippen molar-refractivity contribution in [1.82, 2.24) is 4.90 Å². The highest BCUT2D eigenvalue weighted by Gasteiger charge is 2.28. The number of aliphatic hydroxyl groups is 1. The smallest absolute Gasteiger partial charge is 0.233 e. The quantitative estimate of drug-likeness (QED) is 0.814. The molecule has 5 heteroatoms. The van der Waals surface area contributed by atoms with Crippen LogP contribution >= 0.6 is 11.8 Å². The van der Waals surface area contributed by atoms with E-state index in [1.165, 1.54) is 17.8 Å². The van der Waals surface area contributed by atoms with E-state index in [9.17, 15) is 9.18 Å². The highest BCUT2D eigenvalue weighted by Crippen LogP contribution is 2.27. The van der Waals surface area contributed by atoms with Crippen LogP contribution in [0.5, 0.6) is 0 Å². The molecule has 1 fully saturated rings. The summed E-state index contributed by atoms with van der Waals surface area (Å²) in [5.41, 5.74) is 0. The van der Waals surface area contributed by atoms with Gasteiger partial charge in [-0.3, -0.25) is 4.79 Å². The maximum Gasteiger partial charge on any atom is 0.233 e. The van der Waals surface area contributed by atoms with E-state index in [0.29, 0.717) is 11.4 Å². The predicted molar refractivity (Wildman–Crippen MR) is 73.6 cm³/mol. The van der Waals surface area contributed by atoms with Crippen LogP contribution in [0, 0.1) is 5.82 Å². The zero-order chi connectivity index (χ0) is 13.7. The number of benzene rings is 1. The van der Waals surface area contributed by atoms with Gasteiger partial charge in [0.15, 0.2) is 0 Å². The molecule has 0 aliphatic heterocycles. The number of hydrogen-bond donors (Lipinski definition) is 1. The first-order valence-corrected chi connectivity index (χ1v) is 7.48. The minimum absolute atomic E-state index is 0.0212. The van der Waals surface area contributed by atoms with Gasteiger partial charge in [0.2, 0.25) is 5.91 Å². The molecule has 1 saturated carbocycles. The summed E-state index contributed by atoms with van der Waals surface area (Å²) in [7, 11) is 0. The molecule has 0 spiro atoms. The van der Waals surface area contributed by atoms with Gasteiger partial charge in [-0.2, -0.15) is 0 Å². The monoisotopic (exact) mass is 283 g/mol. The Balaban J connectivity index is 1.90. The molecule has 0 heterocycles. The van der Waals surface area contributed by atoms with E-state index < -0.39 is 0 Å². The lowest BCUT2D eigenvalue weighted by molar-refractivity contribution is -0.132. The second kappa shape index (κ2) is 6.91. The van der Waals surface area contributed by atoms with Crippen LogP contribution in [0.4, 0.5) is 4.39 Å². The molecule has 1 aliphatic rings. The summed E-state index contributed by atoms with van der Waals surface area (Å²) in [4.78, 5) is 14.4. The molecular formula is C14H18FNO2S. The fourth-order valence-electron chi connectivity index (χ4n) is 2.10. The highest BCUT2D eigenvalue weighted by atomic mass is 32.2. The lowest BCUT2D eigenvalue weighted by Gasteiger charge is -2.37. The first-order valence-electron chi connectivity index (χ1n) is 6.50. The molecular weight excluding hydrogens is 265 g/mol. The number of halogens is 1. The van der Waals surface area contributed by atoms with Gasteiger partial charge in [-0.15, -0.1) is 11.8 Å². The van der Waals surface area contributed by atoms with E-state index in [1.54, 1.807) is 23.1 Å². The van der Waals surface area contributed by atoms with Gasteiger partial charge in [-0.05, 0) is 31.4 Å². The summed E-state index contributed by atoms with van der Waals surface area (Å²) in [6.45, 7) is 0.355. The molecule has 0 aromatic heterocycles. The van der Waals surface area contributed by atoms with Gasteiger partial charge in [0.25, 0.3) is 0 Å². The topological polar surface area (TPSA) is 40.5 Å². The molecule has 1 aromatic rings. The van der Waals surface area contributed by atoms with Gasteiger partial charge in [0.1, 0.15) is 5.82 Å². The first kappa shape index (κ1) is 14.3. The summed E-state index contributed by atoms with van der Waals surface area (Å²) in [6, 6.07) is 6.72. The fraction of sp³-hybridized carbons (Fsp3) is 0.500. The summed E-state index contributed by atoms with van der Waals surface area (Å²) < 4.78 is 13.4. The third-order valence-corrected chi connectivity index (χ3v) is 4.40. The molecule has 0 radical (unpaired) electrons. The minimum atomic E-state index is -0.294. The Bertz CT molecular complexity index is 437. The number of hydrogen-bond acceptors (Lipinski definition) is 3. The van der Waals surface area contributed by atoms with E-state index in [2.05, 4.69) is 0 Å². The number of carbonyl (C=O) groups is 1. The highest BCUT2D eigenvalue weighted by molar-refractivity contribution is 8.00. The van der Waals surface area contributed by atoms with Gasteiger partial charge in [0.05, 0.1) is 12.4 Å². The fourth-order valence-corrected chi connectivity index (χ4v) is 2.93. The van der Waals surface area contributed by atoms with Crippen molar-refractivity contribution in [1.29, 1.82) is 0 Å². The Kier molecular flexibility index (Phi) is 5.22. The van der Waals surface area contributed by atoms with Crippen LogP contribution in [-0.2, 0) is 4.79 Å². The molecule has 19 heavy (non-hydrogen) atoms. The van der Waals surface area contributed by atoms with Crippen molar-refractivity contribution in [3.8, 4) is 0 Å². The van der Waals surface area contributed by atoms with Crippen molar-refractivity contribution in [2.45, 2.75) is 30.2 Å². The molecule has 104 valence electrons. The molecule has 0 unspecified atom stereocenters. The van der Waals surface area contributed by atoms with Gasteiger partial charge in [-0.25, -0.2) is 4.39 Å². The molecule has 1 aliphatic carbocycles. The van der Waals surface area contributed by atoms with Gasteiger partial charge < -0.3 is 10.0 Å². The van der Waals surface area contributed by atoms with Gasteiger partial charge in [-0.1, -0.05) is 12.1 Å². The Labute approximate surface area is 116 Å². The van der Waals surface area contributed by atoms with E-state index in [-0.39, 0.29) is 30.1 Å². The number of nitrogens with zero attached hydrogens (tertiary/aromatic N) is 1. The van der Waals surface area contributed by atoms with Gasteiger partial charge in [0, 0.05) is 17.5 Å². The van der Waals surface area contributed by atoms with E-state index in [4.69, 9.17) is 5.11 Å². The van der Waals surface area contributed by atoms with Gasteiger partial charge >= 0.3 is 0 Å². The maximum absolute atomic E-state index is 13.4. The van der Waals surface area contributed by atoms with Crippen LogP contribution in [0.3, 0.4) is 0 Å². The van der Waals surface area contributed by atoms with Crippen molar-refractivity contribution in [3.05, 3.63) is 30.1 Å². The Morgan fingerprint density at radius 1 is 1.42 bits per heavy atom. The molecule has 1 N–H and O–H groups in total. The average Bonchev–Trinajstić information content (AvgIpc) is 2.35. The van der Waals surface area contributed by atoms with Crippen molar-refractivity contribution in [3.63, 3.8) is 0 Å². The minimum Gasteiger partial charge on any atom is -0.395 e. The lowest BCUT2D eigenvalue weighted by atomic mass is 9.91. The van der Waals surface area contributed by atoms with Crippen LogP contribution in [-0.4, -0.2) is 40.9 Å². The number of carbonyl (C=O) groups excluding carboxylic acids is 1. The normalized spacial score (nSPS) is 15.1. The number of thioether (sulfide) groups is 1. The molecule has 0 atom stereocenters. The molecule has 2 rings (SSSR count). The average molecular weight is 283 g/mol. The molecule has 1 amide bonds. The zero-order valence-electron chi connectivity index (χ0n) is 10.7. The third kappa shape index (κ3) is 3.70. The lowest BCUT2D eigenvalue weighted by Crippen LogP contribution is -2.46. The van der Waals surface area contributed by atoms with Crippen LogP contribution in [0.15, 0.2) is 29.2 Å². The number of amides is 1. The maximum atomic E-state index is 13.4. The Morgan fingerprint density at radius 2 is 2.16 bits per heavy atom. The molecule has 1 aromatic carbocycles. The first-order chi connectivity index (χ1) is 9.22. The van der Waals surface area contributed by atoms with E-state index >= 15 is 0 Å². The van der Waals surface area contributed by atoms with Crippen LogP contribution in [0.25, 0.3) is 0 Å². The van der Waals surface area contributed by atoms with Crippen molar-refractivity contribution >= 4 is 17.7 Å². The second-order valence-electron chi connectivity index (χ2n) is 4.61. The predicted octanol–water partition coefficient (Wildman–Crippen LogP) is 2.29. The van der Waals surface area contributed by atoms with Crippen LogP contribution < -0.4 is 0 Å². The SMILES string of the molecule is O=C(CSc1ccccc1F)N(CCO)C1CCC1. The molecule has 3 nitrogen and oxygen atoms in total. The summed E-state index contributed by atoms with van der Waals surface area (Å²) in [6.07, 6.45) is 3.16.